The van der Waals surface area contributed by atoms with Crippen molar-refractivity contribution in [1.82, 2.24) is 9.37 Å². The van der Waals surface area contributed by atoms with Crippen LogP contribution >= 0.6 is 0 Å². The largest absolute Gasteiger partial charge is 0.467 e. The van der Waals surface area contributed by atoms with Gasteiger partial charge in [-0.05, 0) is 43.3 Å². The minimum Gasteiger partial charge on any atom is -0.467 e. The predicted octanol–water partition coefficient (Wildman–Crippen LogP) is 2.29. The summed E-state index contributed by atoms with van der Waals surface area (Å²) in [6.45, 7) is 1.85. The standard InChI is InChI=1S/C16H20N2O5S/c1-12(15-6-5-11-23-15)17(2)16(19)13-7-9-14(10-8-13)24(20,21)18(3)22-4/h5-12H,1-4H3. The molecule has 130 valence electrons. The summed E-state index contributed by atoms with van der Waals surface area (Å²) in [6, 6.07) is 9.03. The van der Waals surface area contributed by atoms with Crippen molar-refractivity contribution in [3.05, 3.63) is 54.0 Å². The number of hydroxylamine groups is 1. The predicted molar refractivity (Wildman–Crippen MR) is 87.6 cm³/mol. The molecular weight excluding hydrogens is 332 g/mol. The van der Waals surface area contributed by atoms with Gasteiger partial charge >= 0.3 is 0 Å². The summed E-state index contributed by atoms with van der Waals surface area (Å²) in [7, 11) is 0.496. The van der Waals surface area contributed by atoms with E-state index in [4.69, 9.17) is 9.25 Å². The summed E-state index contributed by atoms with van der Waals surface area (Å²) in [5, 5.41) is 0. The van der Waals surface area contributed by atoms with Crippen molar-refractivity contribution in [3.8, 4) is 0 Å². The molecule has 2 rings (SSSR count). The first-order chi connectivity index (χ1) is 11.3. The average molecular weight is 352 g/mol. The molecular formula is C16H20N2O5S. The van der Waals surface area contributed by atoms with Crippen molar-refractivity contribution in [2.24, 2.45) is 0 Å². The molecule has 1 aromatic carbocycles. The topological polar surface area (TPSA) is 80.1 Å². The lowest BCUT2D eigenvalue weighted by molar-refractivity contribution is -0.0258. The van der Waals surface area contributed by atoms with Crippen molar-refractivity contribution in [1.29, 1.82) is 0 Å². The maximum absolute atomic E-state index is 12.5. The molecule has 0 spiro atoms. The van der Waals surface area contributed by atoms with Gasteiger partial charge in [0, 0.05) is 19.7 Å². The molecule has 1 amide bonds. The second-order valence-electron chi connectivity index (χ2n) is 5.23. The van der Waals surface area contributed by atoms with Gasteiger partial charge in [0.2, 0.25) is 0 Å². The molecule has 0 aliphatic carbocycles. The molecule has 2 aromatic rings. The quantitative estimate of drug-likeness (QED) is 0.745. The van der Waals surface area contributed by atoms with Gasteiger partial charge in [0.15, 0.2) is 0 Å². The van der Waals surface area contributed by atoms with Crippen LogP contribution in [0.4, 0.5) is 0 Å². The van der Waals surface area contributed by atoms with E-state index in [0.29, 0.717) is 11.3 Å². The smallest absolute Gasteiger partial charge is 0.264 e. The van der Waals surface area contributed by atoms with Crippen LogP contribution in [0, 0.1) is 0 Å². The van der Waals surface area contributed by atoms with Crippen LogP contribution in [0.15, 0.2) is 52.0 Å². The van der Waals surface area contributed by atoms with Gasteiger partial charge in [0.05, 0.1) is 24.3 Å². The van der Waals surface area contributed by atoms with Gasteiger partial charge in [0.25, 0.3) is 15.9 Å². The number of nitrogens with zero attached hydrogens (tertiary/aromatic N) is 2. The molecule has 0 N–H and O–H groups in total. The molecule has 0 bridgehead atoms. The van der Waals surface area contributed by atoms with E-state index in [-0.39, 0.29) is 16.8 Å². The fourth-order valence-corrected chi connectivity index (χ4v) is 3.09. The van der Waals surface area contributed by atoms with E-state index < -0.39 is 10.0 Å². The first-order valence-corrected chi connectivity index (χ1v) is 8.66. The zero-order valence-electron chi connectivity index (χ0n) is 14.0. The Kier molecular flexibility index (Phi) is 5.43. The van der Waals surface area contributed by atoms with Crippen LogP contribution in [0.3, 0.4) is 0 Å². The maximum atomic E-state index is 12.5. The monoisotopic (exact) mass is 352 g/mol. The van der Waals surface area contributed by atoms with E-state index in [1.165, 1.54) is 43.3 Å². The average Bonchev–Trinajstić information content (AvgIpc) is 3.13. The Bertz CT molecular complexity index is 784. The van der Waals surface area contributed by atoms with Crippen molar-refractivity contribution >= 4 is 15.9 Å². The highest BCUT2D eigenvalue weighted by Crippen LogP contribution is 2.22. The second-order valence-corrected chi connectivity index (χ2v) is 7.16. The zero-order chi connectivity index (χ0) is 17.9. The summed E-state index contributed by atoms with van der Waals surface area (Å²) >= 11 is 0. The van der Waals surface area contributed by atoms with Crippen LogP contribution in [-0.2, 0) is 14.9 Å². The van der Waals surface area contributed by atoms with E-state index in [1.807, 2.05) is 6.92 Å². The van der Waals surface area contributed by atoms with Crippen LogP contribution in [0.1, 0.15) is 29.1 Å². The molecule has 0 aliphatic rings. The Morgan fingerprint density at radius 1 is 1.17 bits per heavy atom. The summed E-state index contributed by atoms with van der Waals surface area (Å²) in [5.74, 6) is 0.440. The Labute approximate surface area is 141 Å². The molecule has 1 heterocycles. The Balaban J connectivity index is 2.20. The van der Waals surface area contributed by atoms with E-state index >= 15 is 0 Å². The number of benzene rings is 1. The van der Waals surface area contributed by atoms with Gasteiger partial charge in [-0.25, -0.2) is 8.42 Å². The normalized spacial score (nSPS) is 13.0. The second kappa shape index (κ2) is 7.16. The Hall–Kier alpha value is -2.16. The SMILES string of the molecule is CON(C)S(=O)(=O)c1ccc(C(=O)N(C)C(C)c2ccco2)cc1. The molecule has 0 saturated carbocycles. The molecule has 7 nitrogen and oxygen atoms in total. The summed E-state index contributed by atoms with van der Waals surface area (Å²) in [4.78, 5) is 18.8. The fourth-order valence-electron chi connectivity index (χ4n) is 2.12. The van der Waals surface area contributed by atoms with Gasteiger partial charge in [-0.1, -0.05) is 4.47 Å². The third-order valence-corrected chi connectivity index (χ3v) is 5.54. The summed E-state index contributed by atoms with van der Waals surface area (Å²) in [5.41, 5.74) is 0.384. The van der Waals surface area contributed by atoms with Crippen molar-refractivity contribution in [2.75, 3.05) is 21.2 Å². The van der Waals surface area contributed by atoms with Gasteiger partial charge in [0.1, 0.15) is 5.76 Å². The highest BCUT2D eigenvalue weighted by molar-refractivity contribution is 7.89. The third kappa shape index (κ3) is 3.50. The van der Waals surface area contributed by atoms with Gasteiger partial charge in [-0.2, -0.15) is 0 Å². The molecule has 1 unspecified atom stereocenters. The first-order valence-electron chi connectivity index (χ1n) is 7.22. The lowest BCUT2D eigenvalue weighted by Gasteiger charge is -2.23. The first kappa shape index (κ1) is 18.2. The molecule has 0 radical (unpaired) electrons. The van der Waals surface area contributed by atoms with Crippen LogP contribution in [0.25, 0.3) is 0 Å². The molecule has 1 atom stereocenters. The van der Waals surface area contributed by atoms with E-state index in [9.17, 15) is 13.2 Å². The van der Waals surface area contributed by atoms with E-state index in [1.54, 1.807) is 25.4 Å². The van der Waals surface area contributed by atoms with E-state index in [0.717, 1.165) is 4.47 Å². The van der Waals surface area contributed by atoms with E-state index in [2.05, 4.69) is 0 Å². The molecule has 0 saturated heterocycles. The number of furan rings is 1. The van der Waals surface area contributed by atoms with Gasteiger partial charge in [-0.15, -0.1) is 0 Å². The lowest BCUT2D eigenvalue weighted by atomic mass is 10.1. The van der Waals surface area contributed by atoms with Crippen LogP contribution in [0.5, 0.6) is 0 Å². The number of carbonyl (C=O) groups is 1. The lowest BCUT2D eigenvalue weighted by Crippen LogP contribution is -2.29. The van der Waals surface area contributed by atoms with Crippen molar-refractivity contribution < 1.29 is 22.5 Å². The van der Waals surface area contributed by atoms with Crippen molar-refractivity contribution in [2.45, 2.75) is 17.9 Å². The number of hydrogen-bond donors (Lipinski definition) is 0. The number of amides is 1. The van der Waals surface area contributed by atoms with Gasteiger partial charge < -0.3 is 9.32 Å². The molecule has 8 heteroatoms. The summed E-state index contributed by atoms with van der Waals surface area (Å²) in [6.07, 6.45) is 1.55. The highest BCUT2D eigenvalue weighted by atomic mass is 32.2. The van der Waals surface area contributed by atoms with Gasteiger partial charge in [-0.3, -0.25) is 9.63 Å². The molecule has 24 heavy (non-hydrogen) atoms. The highest BCUT2D eigenvalue weighted by Gasteiger charge is 2.23. The minimum absolute atomic E-state index is 0.0464. The zero-order valence-corrected chi connectivity index (χ0v) is 14.8. The number of rotatable bonds is 6. The van der Waals surface area contributed by atoms with Crippen LogP contribution in [-0.4, -0.2) is 44.9 Å². The Morgan fingerprint density at radius 2 is 1.79 bits per heavy atom. The van der Waals surface area contributed by atoms with Crippen LogP contribution < -0.4 is 0 Å². The molecule has 1 aromatic heterocycles. The van der Waals surface area contributed by atoms with Crippen molar-refractivity contribution in [3.63, 3.8) is 0 Å². The fraction of sp³-hybridized carbons (Fsp3) is 0.312. The third-order valence-electron chi connectivity index (χ3n) is 3.85. The summed E-state index contributed by atoms with van der Waals surface area (Å²) < 4.78 is 30.3. The number of carbonyl (C=O) groups excluding carboxylic acids is 1. The molecule has 0 fully saturated rings. The van der Waals surface area contributed by atoms with Crippen LogP contribution in [0.2, 0.25) is 0 Å². The minimum atomic E-state index is -3.73. The maximum Gasteiger partial charge on any atom is 0.264 e. The number of hydrogen-bond acceptors (Lipinski definition) is 5. The Morgan fingerprint density at radius 3 is 2.29 bits per heavy atom. The molecule has 0 aliphatic heterocycles. The number of sulfonamides is 1.